The van der Waals surface area contributed by atoms with Gasteiger partial charge in [-0.2, -0.15) is 0 Å². The van der Waals surface area contributed by atoms with E-state index in [9.17, 15) is 19.8 Å². The Morgan fingerprint density at radius 3 is 2.24 bits per heavy atom. The molecule has 0 aromatic heterocycles. The standard InChI is InChI=1S/C27H29ClN4O5/c28-24-14-23(37-26(36)20-6-10-21(11-7-20)31-27(29)30)12-8-19(24)9-13-25(35)32(22(16-33)17-34)15-18-4-2-1-3-5-18/h1-8,10-12,14,22,33-34H,9,13,15-17H2,(H4,29,30,31). The fourth-order valence-electron chi connectivity index (χ4n) is 3.62. The van der Waals surface area contributed by atoms with Crippen molar-refractivity contribution >= 4 is 35.1 Å². The molecule has 6 N–H and O–H groups in total. The summed E-state index contributed by atoms with van der Waals surface area (Å²) in [4.78, 5) is 30.8. The van der Waals surface area contributed by atoms with Crippen molar-refractivity contribution in [3.8, 4) is 5.75 Å². The molecular weight excluding hydrogens is 496 g/mol. The Balaban J connectivity index is 1.63. The average molecular weight is 525 g/mol. The van der Waals surface area contributed by atoms with E-state index in [1.165, 1.54) is 11.0 Å². The molecule has 3 rings (SSSR count). The lowest BCUT2D eigenvalue weighted by molar-refractivity contribution is -0.136. The van der Waals surface area contributed by atoms with Gasteiger partial charge in [-0.25, -0.2) is 9.79 Å². The van der Waals surface area contributed by atoms with Gasteiger partial charge < -0.3 is 31.3 Å². The van der Waals surface area contributed by atoms with Crippen LogP contribution in [0.25, 0.3) is 0 Å². The molecule has 0 aliphatic carbocycles. The molecule has 194 valence electrons. The van der Waals surface area contributed by atoms with Gasteiger partial charge in [0.2, 0.25) is 5.91 Å². The predicted molar refractivity (Wildman–Crippen MR) is 142 cm³/mol. The molecule has 1 amide bonds. The van der Waals surface area contributed by atoms with Crippen molar-refractivity contribution in [3.63, 3.8) is 0 Å². The van der Waals surface area contributed by atoms with Crippen LogP contribution in [-0.2, 0) is 17.8 Å². The second-order valence-corrected chi connectivity index (χ2v) is 8.66. The van der Waals surface area contributed by atoms with E-state index in [1.807, 2.05) is 30.3 Å². The summed E-state index contributed by atoms with van der Waals surface area (Å²) in [5, 5.41) is 19.7. The van der Waals surface area contributed by atoms with Gasteiger partial charge in [-0.05, 0) is 53.9 Å². The number of hydrogen-bond donors (Lipinski definition) is 4. The number of halogens is 1. The number of aliphatic hydroxyl groups excluding tert-OH is 2. The smallest absolute Gasteiger partial charge is 0.343 e. The van der Waals surface area contributed by atoms with Crippen LogP contribution in [0.15, 0.2) is 77.8 Å². The molecule has 0 saturated carbocycles. The Morgan fingerprint density at radius 2 is 1.65 bits per heavy atom. The molecule has 0 unspecified atom stereocenters. The average Bonchev–Trinajstić information content (AvgIpc) is 2.88. The molecule has 0 spiro atoms. The number of esters is 1. The largest absolute Gasteiger partial charge is 0.423 e. The van der Waals surface area contributed by atoms with Crippen LogP contribution in [0.3, 0.4) is 0 Å². The number of aryl methyl sites for hydroxylation is 1. The molecule has 3 aromatic carbocycles. The summed E-state index contributed by atoms with van der Waals surface area (Å²) < 4.78 is 5.41. The molecule has 0 aliphatic rings. The second-order valence-electron chi connectivity index (χ2n) is 8.25. The number of guanidine groups is 1. The topological polar surface area (TPSA) is 151 Å². The van der Waals surface area contributed by atoms with Crippen molar-refractivity contribution in [2.24, 2.45) is 16.5 Å². The predicted octanol–water partition coefficient (Wildman–Crippen LogP) is 2.78. The van der Waals surface area contributed by atoms with E-state index in [4.69, 9.17) is 27.8 Å². The Bertz CT molecular complexity index is 1230. The van der Waals surface area contributed by atoms with Gasteiger partial charge in [-0.15, -0.1) is 0 Å². The maximum atomic E-state index is 13.0. The van der Waals surface area contributed by atoms with E-state index < -0.39 is 12.0 Å². The van der Waals surface area contributed by atoms with Crippen molar-refractivity contribution in [3.05, 3.63) is 94.5 Å². The lowest BCUT2D eigenvalue weighted by Gasteiger charge is -2.29. The van der Waals surface area contributed by atoms with Crippen LogP contribution in [0.5, 0.6) is 5.75 Å². The van der Waals surface area contributed by atoms with Crippen molar-refractivity contribution in [2.45, 2.75) is 25.4 Å². The lowest BCUT2D eigenvalue weighted by Crippen LogP contribution is -2.44. The highest BCUT2D eigenvalue weighted by atomic mass is 35.5. The monoisotopic (exact) mass is 524 g/mol. The number of nitrogens with zero attached hydrogens (tertiary/aromatic N) is 2. The molecule has 0 atom stereocenters. The number of carbonyl (C=O) groups excluding carboxylic acids is 2. The number of aliphatic hydroxyl groups is 2. The minimum atomic E-state index is -0.710. The zero-order valence-corrected chi connectivity index (χ0v) is 20.8. The molecule has 0 fully saturated rings. The third-order valence-electron chi connectivity index (χ3n) is 5.58. The highest BCUT2D eigenvalue weighted by Gasteiger charge is 2.23. The summed E-state index contributed by atoms with van der Waals surface area (Å²) in [5.74, 6) is -0.638. The number of benzene rings is 3. The van der Waals surface area contributed by atoms with E-state index >= 15 is 0 Å². The molecule has 0 saturated heterocycles. The first-order chi connectivity index (χ1) is 17.8. The highest BCUT2D eigenvalue weighted by molar-refractivity contribution is 6.31. The van der Waals surface area contributed by atoms with Crippen molar-refractivity contribution in [1.29, 1.82) is 0 Å². The SMILES string of the molecule is NC(N)=Nc1ccc(C(=O)Oc2ccc(CCC(=O)N(Cc3ccccc3)C(CO)CO)c(Cl)c2)cc1. The molecular formula is C27H29ClN4O5. The minimum absolute atomic E-state index is 0.0859. The van der Waals surface area contributed by atoms with Crippen LogP contribution in [0.4, 0.5) is 5.69 Å². The van der Waals surface area contributed by atoms with Gasteiger partial charge in [-0.3, -0.25) is 4.79 Å². The van der Waals surface area contributed by atoms with Gasteiger partial charge in [0.05, 0.1) is 30.5 Å². The van der Waals surface area contributed by atoms with Crippen LogP contribution >= 0.6 is 11.6 Å². The lowest BCUT2D eigenvalue weighted by atomic mass is 10.1. The summed E-state index contributed by atoms with van der Waals surface area (Å²) in [7, 11) is 0. The molecule has 0 aliphatic heterocycles. The maximum Gasteiger partial charge on any atom is 0.343 e. The van der Waals surface area contributed by atoms with E-state index in [0.717, 1.165) is 5.56 Å². The Kier molecular flexibility index (Phi) is 10.0. The third kappa shape index (κ3) is 8.04. The molecule has 9 nitrogen and oxygen atoms in total. The number of nitrogens with two attached hydrogens (primary N) is 2. The molecule has 0 heterocycles. The summed E-state index contributed by atoms with van der Waals surface area (Å²) in [5.41, 5.74) is 13.1. The summed E-state index contributed by atoms with van der Waals surface area (Å²) in [6.45, 7) is -0.444. The van der Waals surface area contributed by atoms with Crippen molar-refractivity contribution in [1.82, 2.24) is 4.90 Å². The number of hydrogen-bond acceptors (Lipinski definition) is 6. The van der Waals surface area contributed by atoms with Crippen molar-refractivity contribution < 1.29 is 24.5 Å². The summed E-state index contributed by atoms with van der Waals surface area (Å²) >= 11 is 6.40. The number of carbonyl (C=O) groups is 2. The molecule has 0 radical (unpaired) electrons. The summed E-state index contributed by atoms with van der Waals surface area (Å²) in [6.07, 6.45) is 0.442. The first kappa shape index (κ1) is 27.7. The normalized spacial score (nSPS) is 10.7. The first-order valence-electron chi connectivity index (χ1n) is 11.6. The zero-order valence-electron chi connectivity index (χ0n) is 20.1. The van der Waals surface area contributed by atoms with E-state index in [1.54, 1.807) is 36.4 Å². The van der Waals surface area contributed by atoms with E-state index in [0.29, 0.717) is 28.3 Å². The van der Waals surface area contributed by atoms with Gasteiger partial charge in [0.15, 0.2) is 5.96 Å². The Labute approximate surface area is 219 Å². The highest BCUT2D eigenvalue weighted by Crippen LogP contribution is 2.25. The van der Waals surface area contributed by atoms with Gasteiger partial charge in [0, 0.05) is 18.0 Å². The zero-order chi connectivity index (χ0) is 26.8. The fourth-order valence-corrected chi connectivity index (χ4v) is 3.89. The molecule has 10 heteroatoms. The van der Waals surface area contributed by atoms with Gasteiger partial charge in [0.1, 0.15) is 5.75 Å². The quantitative estimate of drug-likeness (QED) is 0.130. The number of rotatable bonds is 11. The Hall–Kier alpha value is -3.92. The number of ether oxygens (including phenoxy) is 1. The molecule has 37 heavy (non-hydrogen) atoms. The van der Waals surface area contributed by atoms with Crippen LogP contribution in [0, 0.1) is 0 Å². The number of amides is 1. The second kappa shape index (κ2) is 13.4. The van der Waals surface area contributed by atoms with Gasteiger partial charge in [-0.1, -0.05) is 48.0 Å². The van der Waals surface area contributed by atoms with E-state index in [2.05, 4.69) is 4.99 Å². The first-order valence-corrected chi connectivity index (χ1v) is 11.9. The van der Waals surface area contributed by atoms with Crippen LogP contribution in [0.2, 0.25) is 5.02 Å². The molecule has 0 bridgehead atoms. The maximum absolute atomic E-state index is 13.0. The Morgan fingerprint density at radius 1 is 0.973 bits per heavy atom. The van der Waals surface area contributed by atoms with Gasteiger partial charge >= 0.3 is 5.97 Å². The minimum Gasteiger partial charge on any atom is -0.423 e. The number of aliphatic imine (C=N–C) groups is 1. The van der Waals surface area contributed by atoms with Crippen LogP contribution in [-0.4, -0.2) is 52.2 Å². The summed E-state index contributed by atoms with van der Waals surface area (Å²) in [6, 6.07) is 19.7. The molecule has 3 aromatic rings. The van der Waals surface area contributed by atoms with Crippen LogP contribution < -0.4 is 16.2 Å². The van der Waals surface area contributed by atoms with E-state index in [-0.39, 0.29) is 43.8 Å². The van der Waals surface area contributed by atoms with Crippen molar-refractivity contribution in [2.75, 3.05) is 13.2 Å². The van der Waals surface area contributed by atoms with Gasteiger partial charge in [0.25, 0.3) is 0 Å². The van der Waals surface area contributed by atoms with Crippen LogP contribution in [0.1, 0.15) is 27.9 Å². The fraction of sp³-hybridized carbons (Fsp3) is 0.222. The third-order valence-corrected chi connectivity index (χ3v) is 5.93.